The number of para-hydroxylation sites is 1. The third kappa shape index (κ3) is 3.08. The van der Waals surface area contributed by atoms with Gasteiger partial charge in [-0.15, -0.1) is 0 Å². The second-order valence-corrected chi connectivity index (χ2v) is 4.51. The number of aliphatic hydroxyl groups excluding tert-OH is 1. The van der Waals surface area contributed by atoms with Gasteiger partial charge in [-0.05, 0) is 31.4 Å². The molecular formula is C14H20N2O. The van der Waals surface area contributed by atoms with Crippen LogP contribution in [0.1, 0.15) is 25.3 Å². The third-order valence-electron chi connectivity index (χ3n) is 3.11. The van der Waals surface area contributed by atoms with Crippen molar-refractivity contribution in [2.24, 2.45) is 0 Å². The van der Waals surface area contributed by atoms with Crippen molar-refractivity contribution in [2.45, 2.75) is 32.4 Å². The first-order valence-electron chi connectivity index (χ1n) is 6.20. The molecule has 0 amide bonds. The molecule has 0 radical (unpaired) electrons. The molecule has 1 unspecified atom stereocenters. The van der Waals surface area contributed by atoms with E-state index in [1.54, 1.807) is 0 Å². The Bertz CT molecular complexity index is 464. The van der Waals surface area contributed by atoms with Crippen molar-refractivity contribution in [2.75, 3.05) is 6.61 Å². The number of rotatable bonds is 6. The summed E-state index contributed by atoms with van der Waals surface area (Å²) in [6.45, 7) is 3.31. The van der Waals surface area contributed by atoms with Gasteiger partial charge in [0.2, 0.25) is 0 Å². The summed E-state index contributed by atoms with van der Waals surface area (Å²) in [7, 11) is 0. The minimum Gasteiger partial charge on any atom is -0.396 e. The maximum Gasteiger partial charge on any atom is 0.0457 e. The summed E-state index contributed by atoms with van der Waals surface area (Å²) in [6.07, 6.45) is 3.94. The van der Waals surface area contributed by atoms with Crippen LogP contribution in [-0.2, 0) is 6.54 Å². The molecule has 1 atom stereocenters. The fraction of sp³-hybridized carbons (Fsp3) is 0.429. The molecule has 3 nitrogen and oxygen atoms in total. The Morgan fingerprint density at radius 1 is 1.35 bits per heavy atom. The lowest BCUT2D eigenvalue weighted by Crippen LogP contribution is -2.25. The fourth-order valence-electron chi connectivity index (χ4n) is 2.06. The predicted octanol–water partition coefficient (Wildman–Crippen LogP) is 2.42. The number of nitrogens with one attached hydrogen (secondary N) is 2. The van der Waals surface area contributed by atoms with Gasteiger partial charge < -0.3 is 15.4 Å². The Hall–Kier alpha value is -1.32. The highest BCUT2D eigenvalue weighted by molar-refractivity contribution is 5.82. The molecule has 3 N–H and O–H groups in total. The molecule has 0 fully saturated rings. The van der Waals surface area contributed by atoms with Gasteiger partial charge in [0, 0.05) is 36.3 Å². The van der Waals surface area contributed by atoms with Gasteiger partial charge in [-0.2, -0.15) is 0 Å². The van der Waals surface area contributed by atoms with Gasteiger partial charge in [0.25, 0.3) is 0 Å². The number of hydrogen-bond acceptors (Lipinski definition) is 2. The van der Waals surface area contributed by atoms with Crippen LogP contribution in [0.3, 0.4) is 0 Å². The Labute approximate surface area is 102 Å². The van der Waals surface area contributed by atoms with E-state index in [-0.39, 0.29) is 6.61 Å². The van der Waals surface area contributed by atoms with Gasteiger partial charge in [0.15, 0.2) is 0 Å². The SMILES string of the molecule is CC(CCCO)NCc1c[nH]c2ccccc12. The first-order valence-corrected chi connectivity index (χ1v) is 6.20. The van der Waals surface area contributed by atoms with Crippen LogP contribution in [0.2, 0.25) is 0 Å². The Morgan fingerprint density at radius 3 is 3.00 bits per heavy atom. The summed E-state index contributed by atoms with van der Waals surface area (Å²) in [6, 6.07) is 8.78. The molecule has 1 aromatic heterocycles. The first kappa shape index (κ1) is 12.1. The molecule has 0 aliphatic rings. The molecule has 2 aromatic rings. The Kier molecular flexibility index (Phi) is 4.18. The lowest BCUT2D eigenvalue weighted by atomic mass is 10.1. The third-order valence-corrected chi connectivity index (χ3v) is 3.11. The van der Waals surface area contributed by atoms with E-state index in [0.29, 0.717) is 6.04 Å². The van der Waals surface area contributed by atoms with Gasteiger partial charge in [0.05, 0.1) is 0 Å². The summed E-state index contributed by atoms with van der Waals surface area (Å²) in [5.74, 6) is 0. The van der Waals surface area contributed by atoms with Crippen molar-refractivity contribution in [3.63, 3.8) is 0 Å². The molecule has 0 aliphatic carbocycles. The lowest BCUT2D eigenvalue weighted by Gasteiger charge is -2.12. The number of aromatic nitrogens is 1. The van der Waals surface area contributed by atoms with Crippen molar-refractivity contribution in [1.29, 1.82) is 0 Å². The van der Waals surface area contributed by atoms with Crippen LogP contribution in [0.15, 0.2) is 30.5 Å². The molecule has 0 spiro atoms. The van der Waals surface area contributed by atoms with Crippen LogP contribution in [-0.4, -0.2) is 22.7 Å². The quantitative estimate of drug-likeness (QED) is 0.716. The standard InChI is InChI=1S/C14H20N2O/c1-11(5-4-8-17)15-9-12-10-16-14-7-3-2-6-13(12)14/h2-3,6-7,10-11,15-17H,4-5,8-9H2,1H3. The average molecular weight is 232 g/mol. The average Bonchev–Trinajstić information content (AvgIpc) is 2.77. The van der Waals surface area contributed by atoms with Crippen LogP contribution >= 0.6 is 0 Å². The molecular weight excluding hydrogens is 212 g/mol. The van der Waals surface area contributed by atoms with Gasteiger partial charge in [-0.25, -0.2) is 0 Å². The van der Waals surface area contributed by atoms with Crippen LogP contribution < -0.4 is 5.32 Å². The monoisotopic (exact) mass is 232 g/mol. The van der Waals surface area contributed by atoms with E-state index in [1.807, 2.05) is 6.07 Å². The molecule has 0 saturated heterocycles. The van der Waals surface area contributed by atoms with Crippen LogP contribution in [0.5, 0.6) is 0 Å². The molecule has 1 aromatic carbocycles. The summed E-state index contributed by atoms with van der Waals surface area (Å²) in [5.41, 5.74) is 2.49. The molecule has 92 valence electrons. The molecule has 17 heavy (non-hydrogen) atoms. The van der Waals surface area contributed by atoms with E-state index in [1.165, 1.54) is 16.5 Å². The smallest absolute Gasteiger partial charge is 0.0457 e. The zero-order chi connectivity index (χ0) is 12.1. The lowest BCUT2D eigenvalue weighted by molar-refractivity contribution is 0.276. The van der Waals surface area contributed by atoms with E-state index in [2.05, 4.69) is 41.6 Å². The molecule has 1 heterocycles. The summed E-state index contributed by atoms with van der Waals surface area (Å²) in [5, 5.41) is 13.5. The number of benzene rings is 1. The minimum absolute atomic E-state index is 0.277. The topological polar surface area (TPSA) is 48.0 Å². The normalized spacial score (nSPS) is 13.1. The van der Waals surface area contributed by atoms with Crippen molar-refractivity contribution >= 4 is 10.9 Å². The van der Waals surface area contributed by atoms with Gasteiger partial charge in [-0.3, -0.25) is 0 Å². The molecule has 0 bridgehead atoms. The number of H-pyrrole nitrogens is 1. The second kappa shape index (κ2) is 5.84. The zero-order valence-electron chi connectivity index (χ0n) is 10.2. The van der Waals surface area contributed by atoms with E-state index >= 15 is 0 Å². The first-order chi connectivity index (χ1) is 8.31. The Morgan fingerprint density at radius 2 is 2.18 bits per heavy atom. The van der Waals surface area contributed by atoms with E-state index < -0.39 is 0 Å². The fourth-order valence-corrected chi connectivity index (χ4v) is 2.06. The highest BCUT2D eigenvalue weighted by Crippen LogP contribution is 2.17. The number of hydrogen-bond donors (Lipinski definition) is 3. The van der Waals surface area contributed by atoms with E-state index in [4.69, 9.17) is 5.11 Å². The molecule has 3 heteroatoms. The van der Waals surface area contributed by atoms with E-state index in [9.17, 15) is 0 Å². The van der Waals surface area contributed by atoms with Gasteiger partial charge in [-0.1, -0.05) is 18.2 Å². The van der Waals surface area contributed by atoms with Crippen molar-refractivity contribution in [3.05, 3.63) is 36.0 Å². The maximum absolute atomic E-state index is 8.78. The number of fused-ring (bicyclic) bond motifs is 1. The zero-order valence-corrected chi connectivity index (χ0v) is 10.2. The molecule has 0 saturated carbocycles. The summed E-state index contributed by atoms with van der Waals surface area (Å²) in [4.78, 5) is 3.28. The van der Waals surface area contributed by atoms with Gasteiger partial charge in [0.1, 0.15) is 0 Å². The Balaban J connectivity index is 1.95. The highest BCUT2D eigenvalue weighted by atomic mass is 16.2. The molecule has 2 rings (SSSR count). The molecule has 0 aliphatic heterocycles. The van der Waals surface area contributed by atoms with Crippen molar-refractivity contribution < 1.29 is 5.11 Å². The summed E-state index contributed by atoms with van der Waals surface area (Å²) < 4.78 is 0. The van der Waals surface area contributed by atoms with Crippen LogP contribution in [0.4, 0.5) is 0 Å². The largest absolute Gasteiger partial charge is 0.396 e. The maximum atomic E-state index is 8.78. The highest BCUT2D eigenvalue weighted by Gasteiger charge is 2.05. The number of aliphatic hydroxyl groups is 1. The van der Waals surface area contributed by atoms with Gasteiger partial charge >= 0.3 is 0 Å². The minimum atomic E-state index is 0.277. The summed E-state index contributed by atoms with van der Waals surface area (Å²) >= 11 is 0. The van der Waals surface area contributed by atoms with Crippen LogP contribution in [0.25, 0.3) is 10.9 Å². The van der Waals surface area contributed by atoms with Crippen molar-refractivity contribution in [1.82, 2.24) is 10.3 Å². The number of aromatic amines is 1. The van der Waals surface area contributed by atoms with Crippen LogP contribution in [0, 0.1) is 0 Å². The van der Waals surface area contributed by atoms with Crippen molar-refractivity contribution in [3.8, 4) is 0 Å². The predicted molar refractivity (Wildman–Crippen MR) is 70.9 cm³/mol. The second-order valence-electron chi connectivity index (χ2n) is 4.51. The van der Waals surface area contributed by atoms with E-state index in [0.717, 1.165) is 19.4 Å².